The summed E-state index contributed by atoms with van der Waals surface area (Å²) in [7, 11) is 0. The summed E-state index contributed by atoms with van der Waals surface area (Å²) in [6, 6.07) is 14.3. The second-order valence-electron chi connectivity index (χ2n) is 6.37. The van der Waals surface area contributed by atoms with Gasteiger partial charge in [-0.2, -0.15) is 13.2 Å². The number of carbonyl (C=O) groups excluding carboxylic acids is 1. The molecule has 1 aliphatic rings. The van der Waals surface area contributed by atoms with E-state index in [0.717, 1.165) is 30.7 Å². The fourth-order valence-electron chi connectivity index (χ4n) is 2.78. The molecule has 0 aliphatic heterocycles. The van der Waals surface area contributed by atoms with Crippen LogP contribution >= 0.6 is 11.8 Å². The molecule has 1 aromatic heterocycles. The fraction of sp³-hybridized carbons (Fsp3) is 0.200. The highest BCUT2D eigenvalue weighted by molar-refractivity contribution is 7.99. The van der Waals surface area contributed by atoms with Gasteiger partial charge in [-0.05, 0) is 37.1 Å². The smallest absolute Gasteiger partial charge is 0.349 e. The normalized spacial score (nSPS) is 14.3. The summed E-state index contributed by atoms with van der Waals surface area (Å²) in [6.45, 7) is 0. The third kappa shape index (κ3) is 3.93. The predicted molar refractivity (Wildman–Crippen MR) is 97.8 cm³/mol. The molecule has 1 heterocycles. The lowest BCUT2D eigenvalue weighted by Crippen LogP contribution is -2.25. The van der Waals surface area contributed by atoms with Crippen molar-refractivity contribution in [3.05, 3.63) is 65.7 Å². The van der Waals surface area contributed by atoms with E-state index < -0.39 is 11.7 Å². The Morgan fingerprint density at radius 3 is 2.52 bits per heavy atom. The molecule has 27 heavy (non-hydrogen) atoms. The third-order valence-electron chi connectivity index (χ3n) is 4.26. The molecular formula is C20H15F3N2OS. The number of nitrogens with zero attached hydrogens (tertiary/aromatic N) is 1. The maximum Gasteiger partial charge on any atom is 0.417 e. The van der Waals surface area contributed by atoms with Gasteiger partial charge in [-0.25, -0.2) is 4.98 Å². The Bertz CT molecular complexity index is 1020. The number of benzene rings is 2. The van der Waals surface area contributed by atoms with E-state index in [4.69, 9.17) is 0 Å². The molecule has 3 nitrogen and oxygen atoms in total. The minimum Gasteiger partial charge on any atom is -0.349 e. The van der Waals surface area contributed by atoms with Gasteiger partial charge in [-0.15, -0.1) is 0 Å². The minimum absolute atomic E-state index is 0.0568. The van der Waals surface area contributed by atoms with Gasteiger partial charge < -0.3 is 5.32 Å². The Morgan fingerprint density at radius 2 is 1.78 bits per heavy atom. The van der Waals surface area contributed by atoms with Crippen LogP contribution in [0.1, 0.15) is 28.8 Å². The summed E-state index contributed by atoms with van der Waals surface area (Å²) in [5, 5.41) is 3.97. The number of aromatic nitrogens is 1. The van der Waals surface area contributed by atoms with Crippen LogP contribution in [0.25, 0.3) is 10.9 Å². The van der Waals surface area contributed by atoms with Gasteiger partial charge >= 0.3 is 6.18 Å². The molecule has 1 N–H and O–H groups in total. The summed E-state index contributed by atoms with van der Waals surface area (Å²) < 4.78 is 39.8. The maximum absolute atomic E-state index is 13.3. The maximum atomic E-state index is 13.3. The number of alkyl halides is 3. The molecule has 2 aromatic carbocycles. The third-order valence-corrected chi connectivity index (χ3v) is 5.25. The highest BCUT2D eigenvalue weighted by atomic mass is 32.2. The van der Waals surface area contributed by atoms with Gasteiger partial charge in [0.2, 0.25) is 0 Å². The fourth-order valence-corrected chi connectivity index (χ4v) is 3.77. The van der Waals surface area contributed by atoms with Crippen molar-refractivity contribution in [3.8, 4) is 0 Å². The number of hydrogen-bond acceptors (Lipinski definition) is 3. The summed E-state index contributed by atoms with van der Waals surface area (Å²) in [5.74, 6) is -0.220. The Hall–Kier alpha value is -2.54. The summed E-state index contributed by atoms with van der Waals surface area (Å²) in [4.78, 5) is 17.1. The number of fused-ring (bicyclic) bond motifs is 1. The molecule has 0 atom stereocenters. The Kier molecular flexibility index (Phi) is 4.55. The number of halogens is 3. The van der Waals surface area contributed by atoms with Crippen LogP contribution < -0.4 is 5.32 Å². The molecule has 4 rings (SSSR count). The van der Waals surface area contributed by atoms with Crippen LogP contribution in [-0.2, 0) is 6.18 Å². The second-order valence-corrected chi connectivity index (χ2v) is 7.43. The van der Waals surface area contributed by atoms with Crippen LogP contribution in [0.3, 0.4) is 0 Å². The van der Waals surface area contributed by atoms with Crippen molar-refractivity contribution in [1.29, 1.82) is 0 Å². The molecule has 1 amide bonds. The van der Waals surface area contributed by atoms with Crippen molar-refractivity contribution >= 4 is 28.6 Å². The Balaban J connectivity index is 1.76. The van der Waals surface area contributed by atoms with Gasteiger partial charge in [0.05, 0.1) is 16.6 Å². The molecule has 7 heteroatoms. The zero-order chi connectivity index (χ0) is 19.0. The first kappa shape index (κ1) is 17.9. The Labute approximate surface area is 158 Å². The van der Waals surface area contributed by atoms with E-state index in [0.29, 0.717) is 21.5 Å². The van der Waals surface area contributed by atoms with Gasteiger partial charge in [-0.1, -0.05) is 42.1 Å². The van der Waals surface area contributed by atoms with E-state index in [2.05, 4.69) is 10.3 Å². The number of nitrogens with one attached hydrogen (secondary N) is 1. The van der Waals surface area contributed by atoms with Gasteiger partial charge in [0, 0.05) is 16.3 Å². The molecule has 0 bridgehead atoms. The van der Waals surface area contributed by atoms with Crippen LogP contribution in [0.2, 0.25) is 0 Å². The Morgan fingerprint density at radius 1 is 1.07 bits per heavy atom. The molecule has 1 aliphatic carbocycles. The lowest BCUT2D eigenvalue weighted by atomic mass is 10.1. The van der Waals surface area contributed by atoms with Crippen LogP contribution in [0.5, 0.6) is 0 Å². The molecule has 0 saturated heterocycles. The molecule has 0 spiro atoms. The number of para-hydroxylation sites is 1. The highest BCUT2D eigenvalue weighted by Crippen LogP contribution is 2.39. The van der Waals surface area contributed by atoms with E-state index in [1.54, 1.807) is 30.3 Å². The van der Waals surface area contributed by atoms with E-state index in [1.807, 2.05) is 6.07 Å². The van der Waals surface area contributed by atoms with Crippen molar-refractivity contribution in [2.45, 2.75) is 35.0 Å². The molecular weight excluding hydrogens is 373 g/mol. The molecule has 0 radical (unpaired) electrons. The zero-order valence-electron chi connectivity index (χ0n) is 14.1. The molecule has 138 valence electrons. The number of amides is 1. The molecule has 0 unspecified atom stereocenters. The van der Waals surface area contributed by atoms with Gasteiger partial charge in [0.25, 0.3) is 5.91 Å². The lowest BCUT2D eigenvalue weighted by Gasteiger charge is -2.13. The standard InChI is InChI=1S/C20H15F3N2OS/c21-20(22,23)15-6-2-4-8-17(15)27-18-11-14(19(26)24-12-9-10-12)13-5-1-3-7-16(13)25-18/h1-8,11-12H,9-10H2,(H,24,26). The summed E-state index contributed by atoms with van der Waals surface area (Å²) in [6.07, 6.45) is -2.54. The van der Waals surface area contributed by atoms with Crippen molar-refractivity contribution < 1.29 is 18.0 Å². The van der Waals surface area contributed by atoms with Crippen molar-refractivity contribution in [3.63, 3.8) is 0 Å². The molecule has 1 fully saturated rings. The van der Waals surface area contributed by atoms with Crippen LogP contribution in [0.15, 0.2) is 64.5 Å². The topological polar surface area (TPSA) is 42.0 Å². The van der Waals surface area contributed by atoms with Gasteiger partial charge in [0.15, 0.2) is 0 Å². The molecule has 1 saturated carbocycles. The average Bonchev–Trinajstić information content (AvgIpc) is 3.44. The number of pyridine rings is 1. The summed E-state index contributed by atoms with van der Waals surface area (Å²) in [5.41, 5.74) is 0.293. The largest absolute Gasteiger partial charge is 0.417 e. The van der Waals surface area contributed by atoms with Crippen LogP contribution in [-0.4, -0.2) is 16.9 Å². The number of carbonyl (C=O) groups is 1. The van der Waals surface area contributed by atoms with Crippen molar-refractivity contribution in [1.82, 2.24) is 10.3 Å². The first-order valence-corrected chi connectivity index (χ1v) is 9.28. The van der Waals surface area contributed by atoms with Crippen LogP contribution in [0, 0.1) is 0 Å². The first-order chi connectivity index (χ1) is 12.9. The number of rotatable bonds is 4. The van der Waals surface area contributed by atoms with Gasteiger partial charge in [-0.3, -0.25) is 4.79 Å². The monoisotopic (exact) mass is 388 g/mol. The van der Waals surface area contributed by atoms with E-state index in [1.165, 1.54) is 12.1 Å². The minimum atomic E-state index is -4.45. The van der Waals surface area contributed by atoms with Gasteiger partial charge in [0.1, 0.15) is 5.03 Å². The first-order valence-electron chi connectivity index (χ1n) is 8.46. The molecule has 3 aromatic rings. The van der Waals surface area contributed by atoms with Crippen molar-refractivity contribution in [2.75, 3.05) is 0 Å². The lowest BCUT2D eigenvalue weighted by molar-refractivity contribution is -0.139. The van der Waals surface area contributed by atoms with Crippen LogP contribution in [0.4, 0.5) is 13.2 Å². The quantitative estimate of drug-likeness (QED) is 0.660. The average molecular weight is 388 g/mol. The zero-order valence-corrected chi connectivity index (χ0v) is 14.9. The van der Waals surface area contributed by atoms with E-state index >= 15 is 0 Å². The van der Waals surface area contributed by atoms with E-state index in [9.17, 15) is 18.0 Å². The van der Waals surface area contributed by atoms with Crippen molar-refractivity contribution in [2.24, 2.45) is 0 Å². The number of hydrogen-bond donors (Lipinski definition) is 1. The van der Waals surface area contributed by atoms with E-state index in [-0.39, 0.29) is 16.8 Å². The predicted octanol–water partition coefficient (Wildman–Crippen LogP) is 5.30. The highest BCUT2D eigenvalue weighted by Gasteiger charge is 2.33. The summed E-state index contributed by atoms with van der Waals surface area (Å²) >= 11 is 0.911. The second kappa shape index (κ2) is 6.88. The SMILES string of the molecule is O=C(NC1CC1)c1cc(Sc2ccccc2C(F)(F)F)nc2ccccc12.